The van der Waals surface area contributed by atoms with Crippen LogP contribution in [0.1, 0.15) is 43.7 Å². The van der Waals surface area contributed by atoms with E-state index in [0.717, 1.165) is 33.4 Å². The van der Waals surface area contributed by atoms with Gasteiger partial charge in [0.2, 0.25) is 0 Å². The second-order valence-electron chi connectivity index (χ2n) is 7.36. The molecule has 2 N–H and O–H groups in total. The van der Waals surface area contributed by atoms with Gasteiger partial charge in [0.1, 0.15) is 11.5 Å². The highest BCUT2D eigenvalue weighted by Gasteiger charge is 2.53. The van der Waals surface area contributed by atoms with E-state index in [9.17, 15) is 4.79 Å². The fourth-order valence-electron chi connectivity index (χ4n) is 4.09. The lowest BCUT2D eigenvalue weighted by molar-refractivity contribution is 0.0224. The summed E-state index contributed by atoms with van der Waals surface area (Å²) >= 11 is 0. The molecular weight excluding hydrogens is 338 g/mol. The predicted molar refractivity (Wildman–Crippen MR) is 103 cm³/mol. The van der Waals surface area contributed by atoms with E-state index in [1.165, 1.54) is 0 Å². The third-order valence-corrected chi connectivity index (χ3v) is 5.71. The zero-order valence-electron chi connectivity index (χ0n) is 15.4. The SMILES string of the molecule is Cc1cc2c(cc1C)C1(OC(=O)c3ccccc31)c1cc(C)c(N)cc1O2. The molecular formula is C23H19NO3. The quantitative estimate of drug-likeness (QED) is 0.465. The summed E-state index contributed by atoms with van der Waals surface area (Å²) in [6.07, 6.45) is 0. The first-order valence-electron chi connectivity index (χ1n) is 8.95. The van der Waals surface area contributed by atoms with Crippen molar-refractivity contribution in [1.29, 1.82) is 0 Å². The average molecular weight is 357 g/mol. The van der Waals surface area contributed by atoms with Crippen molar-refractivity contribution in [3.05, 3.63) is 87.5 Å². The Morgan fingerprint density at radius 2 is 1.44 bits per heavy atom. The standard InChI is InChI=1S/C23H19NO3/c1-12-8-17-20(10-13(12)2)26-21-11-19(24)14(3)9-18(21)23(17)16-7-5-4-6-15(16)22(25)27-23/h4-11H,24H2,1-3H3. The molecule has 5 rings (SSSR count). The molecule has 1 spiro atoms. The van der Waals surface area contributed by atoms with E-state index in [2.05, 4.69) is 13.0 Å². The van der Waals surface area contributed by atoms with Crippen LogP contribution in [0, 0.1) is 20.8 Å². The van der Waals surface area contributed by atoms with Crippen LogP contribution in [0.15, 0.2) is 48.5 Å². The van der Waals surface area contributed by atoms with Gasteiger partial charge in [0.15, 0.2) is 5.60 Å². The van der Waals surface area contributed by atoms with Crippen LogP contribution in [-0.2, 0) is 10.3 Å². The van der Waals surface area contributed by atoms with Crippen LogP contribution < -0.4 is 10.5 Å². The van der Waals surface area contributed by atoms with Crippen molar-refractivity contribution in [2.24, 2.45) is 0 Å². The molecule has 2 aliphatic heterocycles. The van der Waals surface area contributed by atoms with Crippen molar-refractivity contribution in [3.8, 4) is 11.5 Å². The van der Waals surface area contributed by atoms with Crippen molar-refractivity contribution >= 4 is 11.7 Å². The molecule has 0 saturated heterocycles. The normalized spacial score (nSPS) is 19.1. The molecule has 0 radical (unpaired) electrons. The van der Waals surface area contributed by atoms with Crippen LogP contribution >= 0.6 is 0 Å². The Balaban J connectivity index is 1.94. The number of nitrogens with two attached hydrogens (primary N) is 1. The zero-order chi connectivity index (χ0) is 18.9. The van der Waals surface area contributed by atoms with E-state index < -0.39 is 5.60 Å². The summed E-state index contributed by atoms with van der Waals surface area (Å²) in [4.78, 5) is 12.8. The largest absolute Gasteiger partial charge is 0.456 e. The molecule has 2 heterocycles. The summed E-state index contributed by atoms with van der Waals surface area (Å²) in [5.74, 6) is 0.994. The molecule has 2 aliphatic rings. The van der Waals surface area contributed by atoms with Crippen LogP contribution in [-0.4, -0.2) is 5.97 Å². The van der Waals surface area contributed by atoms with Crippen molar-refractivity contribution in [1.82, 2.24) is 0 Å². The highest BCUT2D eigenvalue weighted by Crippen LogP contribution is 2.56. The van der Waals surface area contributed by atoms with Gasteiger partial charge < -0.3 is 15.2 Å². The summed E-state index contributed by atoms with van der Waals surface area (Å²) in [6.45, 7) is 6.04. The third-order valence-electron chi connectivity index (χ3n) is 5.71. The molecule has 1 atom stereocenters. The van der Waals surface area contributed by atoms with E-state index in [1.807, 2.05) is 56.3 Å². The molecule has 0 bridgehead atoms. The monoisotopic (exact) mass is 357 g/mol. The Labute approximate surface area is 157 Å². The molecule has 4 nitrogen and oxygen atoms in total. The lowest BCUT2D eigenvalue weighted by atomic mass is 9.76. The Bertz CT molecular complexity index is 1090. The first-order chi connectivity index (χ1) is 12.9. The number of rotatable bonds is 0. The smallest absolute Gasteiger partial charge is 0.340 e. The lowest BCUT2D eigenvalue weighted by Crippen LogP contribution is -2.33. The Hall–Kier alpha value is -3.27. The van der Waals surface area contributed by atoms with E-state index in [1.54, 1.807) is 0 Å². The van der Waals surface area contributed by atoms with Crippen molar-refractivity contribution in [3.63, 3.8) is 0 Å². The number of aryl methyl sites for hydroxylation is 3. The molecule has 0 aromatic heterocycles. The van der Waals surface area contributed by atoms with E-state index in [4.69, 9.17) is 15.2 Å². The first kappa shape index (κ1) is 15.9. The van der Waals surface area contributed by atoms with E-state index >= 15 is 0 Å². The second kappa shape index (κ2) is 5.13. The third kappa shape index (κ3) is 1.95. The van der Waals surface area contributed by atoms with Gasteiger partial charge in [-0.25, -0.2) is 4.79 Å². The van der Waals surface area contributed by atoms with Crippen LogP contribution in [0.4, 0.5) is 5.69 Å². The minimum Gasteiger partial charge on any atom is -0.456 e. The molecule has 27 heavy (non-hydrogen) atoms. The summed E-state index contributed by atoms with van der Waals surface area (Å²) in [7, 11) is 0. The Morgan fingerprint density at radius 3 is 2.22 bits per heavy atom. The molecule has 3 aromatic carbocycles. The number of carbonyl (C=O) groups is 1. The number of nitrogen functional groups attached to an aromatic ring is 1. The van der Waals surface area contributed by atoms with Crippen LogP contribution in [0.2, 0.25) is 0 Å². The minimum atomic E-state index is -1.02. The number of fused-ring (bicyclic) bond motifs is 6. The minimum absolute atomic E-state index is 0.322. The molecule has 0 amide bonds. The number of ether oxygens (including phenoxy) is 2. The Kier molecular flexibility index (Phi) is 3.03. The van der Waals surface area contributed by atoms with Gasteiger partial charge >= 0.3 is 5.97 Å². The summed E-state index contributed by atoms with van der Waals surface area (Å²) in [5, 5.41) is 0. The first-order valence-corrected chi connectivity index (χ1v) is 8.95. The van der Waals surface area contributed by atoms with Gasteiger partial charge in [-0.2, -0.15) is 0 Å². The van der Waals surface area contributed by atoms with Crippen molar-refractivity contribution in [2.75, 3.05) is 5.73 Å². The van der Waals surface area contributed by atoms with Gasteiger partial charge in [-0.1, -0.05) is 18.2 Å². The maximum Gasteiger partial charge on any atom is 0.340 e. The van der Waals surface area contributed by atoms with E-state index in [0.29, 0.717) is 22.7 Å². The van der Waals surface area contributed by atoms with Gasteiger partial charge in [-0.15, -0.1) is 0 Å². The second-order valence-corrected chi connectivity index (χ2v) is 7.36. The molecule has 3 aromatic rings. The van der Waals surface area contributed by atoms with Crippen molar-refractivity contribution in [2.45, 2.75) is 26.4 Å². The number of hydrogen-bond acceptors (Lipinski definition) is 4. The van der Waals surface area contributed by atoms with Gasteiger partial charge in [0.25, 0.3) is 0 Å². The van der Waals surface area contributed by atoms with E-state index in [-0.39, 0.29) is 5.97 Å². The van der Waals surface area contributed by atoms with Gasteiger partial charge in [-0.05, 0) is 61.7 Å². The lowest BCUT2D eigenvalue weighted by Gasteiger charge is -2.37. The number of benzene rings is 3. The number of esters is 1. The average Bonchev–Trinajstić information content (AvgIpc) is 2.93. The summed E-state index contributed by atoms with van der Waals surface area (Å²) < 4.78 is 12.4. The highest BCUT2D eigenvalue weighted by molar-refractivity contribution is 5.97. The molecule has 0 aliphatic carbocycles. The number of anilines is 1. The maximum absolute atomic E-state index is 12.8. The fraction of sp³-hybridized carbons (Fsp3) is 0.174. The molecule has 0 saturated carbocycles. The van der Waals surface area contributed by atoms with Crippen molar-refractivity contribution < 1.29 is 14.3 Å². The van der Waals surface area contributed by atoms with Gasteiger partial charge in [0, 0.05) is 28.4 Å². The number of carbonyl (C=O) groups excluding carboxylic acids is 1. The Morgan fingerprint density at radius 1 is 0.815 bits per heavy atom. The number of hydrogen-bond donors (Lipinski definition) is 1. The summed E-state index contributed by atoms with van der Waals surface area (Å²) in [6, 6.07) is 15.4. The predicted octanol–water partition coefficient (Wildman–Crippen LogP) is 4.76. The molecule has 4 heteroatoms. The maximum atomic E-state index is 12.8. The zero-order valence-corrected chi connectivity index (χ0v) is 15.4. The van der Waals surface area contributed by atoms with Crippen LogP contribution in [0.5, 0.6) is 11.5 Å². The highest BCUT2D eigenvalue weighted by atomic mass is 16.6. The summed E-state index contributed by atoms with van der Waals surface area (Å²) in [5.41, 5.74) is 12.0. The van der Waals surface area contributed by atoms with Crippen LogP contribution in [0.3, 0.4) is 0 Å². The van der Waals surface area contributed by atoms with Gasteiger partial charge in [-0.3, -0.25) is 0 Å². The molecule has 1 unspecified atom stereocenters. The fourth-order valence-corrected chi connectivity index (χ4v) is 4.09. The van der Waals surface area contributed by atoms with Gasteiger partial charge in [0.05, 0.1) is 5.56 Å². The molecule has 134 valence electrons. The molecule has 0 fully saturated rings. The van der Waals surface area contributed by atoms with Crippen LogP contribution in [0.25, 0.3) is 0 Å². The topological polar surface area (TPSA) is 61.5 Å².